The van der Waals surface area contributed by atoms with Gasteiger partial charge in [-0.15, -0.1) is 11.3 Å². The van der Waals surface area contributed by atoms with Crippen LogP contribution in [0.2, 0.25) is 5.02 Å². The van der Waals surface area contributed by atoms with Crippen LogP contribution in [-0.4, -0.2) is 34.4 Å². The molecule has 2 aromatic heterocycles. The number of piperidine rings is 1. The molecule has 174 valence electrons. The number of nitrogens with one attached hydrogen (secondary N) is 1. The Morgan fingerprint density at radius 3 is 2.44 bits per heavy atom. The van der Waals surface area contributed by atoms with E-state index in [-0.39, 0.29) is 17.7 Å². The summed E-state index contributed by atoms with van der Waals surface area (Å²) in [6.45, 7) is 2.31. The topological polar surface area (TPSA) is 54.3 Å². The average molecular weight is 492 g/mol. The number of aromatic nitrogens is 1. The van der Waals surface area contributed by atoms with Crippen molar-refractivity contribution in [1.82, 2.24) is 14.8 Å². The van der Waals surface area contributed by atoms with Crippen molar-refractivity contribution in [1.29, 1.82) is 0 Å². The first-order chi connectivity index (χ1) is 16.6. The number of nitrogens with zero attached hydrogens (tertiary/aromatic N) is 2. The van der Waals surface area contributed by atoms with E-state index in [0.29, 0.717) is 49.7 Å². The Hall–Kier alpha value is -3.09. The first-order valence-electron chi connectivity index (χ1n) is 11.5. The summed E-state index contributed by atoms with van der Waals surface area (Å²) in [5.74, 6) is 0.0418. The molecule has 1 aliphatic rings. The predicted octanol–water partition coefficient (Wildman–Crippen LogP) is 5.57. The van der Waals surface area contributed by atoms with E-state index >= 15 is 0 Å². The number of carbonyl (C=O) groups excluding carboxylic acids is 2. The van der Waals surface area contributed by atoms with E-state index in [0.717, 1.165) is 21.3 Å². The molecule has 34 heavy (non-hydrogen) atoms. The lowest BCUT2D eigenvalue weighted by atomic mass is 9.95. The standard InChI is InChI=1S/C27H26ClN3O2S/c28-22-8-6-20(7-9-22)18-31-23-12-15-34-25(23)16-24(31)27(33)30-13-10-21(11-14-30)26(32)29-17-19-4-2-1-3-5-19/h1-9,12,15-16,21H,10-11,13-14,17-18H2,(H,29,32). The molecule has 7 heteroatoms. The zero-order valence-corrected chi connectivity index (χ0v) is 20.3. The molecular weight excluding hydrogens is 466 g/mol. The Morgan fingerprint density at radius 1 is 0.971 bits per heavy atom. The third-order valence-corrected chi connectivity index (χ3v) is 7.56. The fourth-order valence-electron chi connectivity index (χ4n) is 4.53. The van der Waals surface area contributed by atoms with E-state index in [9.17, 15) is 9.59 Å². The molecule has 2 amide bonds. The van der Waals surface area contributed by atoms with Crippen LogP contribution in [0, 0.1) is 5.92 Å². The third-order valence-electron chi connectivity index (χ3n) is 6.46. The summed E-state index contributed by atoms with van der Waals surface area (Å²) in [4.78, 5) is 28.1. The summed E-state index contributed by atoms with van der Waals surface area (Å²) < 4.78 is 3.20. The van der Waals surface area contributed by atoms with Gasteiger partial charge < -0.3 is 14.8 Å². The summed E-state index contributed by atoms with van der Waals surface area (Å²) >= 11 is 7.69. The lowest BCUT2D eigenvalue weighted by Crippen LogP contribution is -2.43. The number of likely N-dealkylation sites (tertiary alicyclic amines) is 1. The normalized spacial score (nSPS) is 14.4. The molecule has 0 unspecified atom stereocenters. The van der Waals surface area contributed by atoms with Gasteiger partial charge in [0.1, 0.15) is 5.69 Å². The largest absolute Gasteiger partial charge is 0.352 e. The quantitative estimate of drug-likeness (QED) is 0.383. The maximum Gasteiger partial charge on any atom is 0.270 e. The molecule has 1 N–H and O–H groups in total. The van der Waals surface area contributed by atoms with Crippen molar-refractivity contribution in [2.24, 2.45) is 5.92 Å². The maximum atomic E-state index is 13.5. The van der Waals surface area contributed by atoms with E-state index in [1.54, 1.807) is 11.3 Å². The van der Waals surface area contributed by atoms with E-state index in [1.807, 2.05) is 65.6 Å². The SMILES string of the molecule is O=C(NCc1ccccc1)C1CCN(C(=O)c2cc3sccc3n2Cc2ccc(Cl)cc2)CC1. The second kappa shape index (κ2) is 10.0. The smallest absolute Gasteiger partial charge is 0.270 e. The van der Waals surface area contributed by atoms with Crippen molar-refractivity contribution < 1.29 is 9.59 Å². The minimum Gasteiger partial charge on any atom is -0.352 e. The van der Waals surface area contributed by atoms with Gasteiger partial charge >= 0.3 is 0 Å². The number of benzene rings is 2. The van der Waals surface area contributed by atoms with Crippen LogP contribution in [0.3, 0.4) is 0 Å². The number of amides is 2. The molecule has 1 aliphatic heterocycles. The molecular formula is C27H26ClN3O2S. The number of fused-ring (bicyclic) bond motifs is 1. The number of halogens is 1. The monoisotopic (exact) mass is 491 g/mol. The van der Waals surface area contributed by atoms with Gasteiger partial charge in [0.2, 0.25) is 5.91 Å². The fraction of sp³-hybridized carbons (Fsp3) is 0.259. The molecule has 1 fully saturated rings. The molecule has 0 atom stereocenters. The average Bonchev–Trinajstić information content (AvgIpc) is 3.47. The van der Waals surface area contributed by atoms with Crippen LogP contribution in [0.15, 0.2) is 72.1 Å². The molecule has 0 radical (unpaired) electrons. The van der Waals surface area contributed by atoms with Gasteiger partial charge in [0, 0.05) is 37.1 Å². The number of hydrogen-bond acceptors (Lipinski definition) is 3. The lowest BCUT2D eigenvalue weighted by Gasteiger charge is -2.31. The fourth-order valence-corrected chi connectivity index (χ4v) is 5.48. The Bertz CT molecular complexity index is 1290. The van der Waals surface area contributed by atoms with E-state index in [2.05, 4.69) is 21.3 Å². The van der Waals surface area contributed by atoms with E-state index in [1.165, 1.54) is 0 Å². The highest BCUT2D eigenvalue weighted by molar-refractivity contribution is 7.17. The van der Waals surface area contributed by atoms with Crippen LogP contribution < -0.4 is 5.32 Å². The van der Waals surface area contributed by atoms with Gasteiger partial charge in [0.05, 0.1) is 10.2 Å². The van der Waals surface area contributed by atoms with Crippen LogP contribution in [0.5, 0.6) is 0 Å². The van der Waals surface area contributed by atoms with Crippen molar-refractivity contribution in [3.05, 3.63) is 94.0 Å². The van der Waals surface area contributed by atoms with Crippen LogP contribution >= 0.6 is 22.9 Å². The number of hydrogen-bond donors (Lipinski definition) is 1. The Kier molecular flexibility index (Phi) is 6.70. The molecule has 0 bridgehead atoms. The van der Waals surface area contributed by atoms with Crippen molar-refractivity contribution in [2.45, 2.75) is 25.9 Å². The molecule has 4 aromatic rings. The first-order valence-corrected chi connectivity index (χ1v) is 12.8. The minimum absolute atomic E-state index is 0.0282. The zero-order valence-electron chi connectivity index (χ0n) is 18.7. The molecule has 5 rings (SSSR count). The Labute approximate surface area is 208 Å². The molecule has 0 saturated carbocycles. The number of thiophene rings is 1. The summed E-state index contributed by atoms with van der Waals surface area (Å²) in [6.07, 6.45) is 1.36. The van der Waals surface area contributed by atoms with Gasteiger partial charge in [-0.25, -0.2) is 0 Å². The zero-order chi connectivity index (χ0) is 23.5. The minimum atomic E-state index is -0.0582. The van der Waals surface area contributed by atoms with Gasteiger partial charge in [0.15, 0.2) is 0 Å². The van der Waals surface area contributed by atoms with E-state index in [4.69, 9.17) is 11.6 Å². The second-order valence-corrected chi connectivity index (χ2v) is 10.1. The summed E-state index contributed by atoms with van der Waals surface area (Å²) in [5.41, 5.74) is 3.95. The summed E-state index contributed by atoms with van der Waals surface area (Å²) in [7, 11) is 0. The van der Waals surface area contributed by atoms with Gasteiger partial charge in [-0.2, -0.15) is 0 Å². The van der Waals surface area contributed by atoms with Gasteiger partial charge in [0.25, 0.3) is 5.91 Å². The third kappa shape index (κ3) is 4.88. The van der Waals surface area contributed by atoms with Crippen LogP contribution in [0.4, 0.5) is 0 Å². The second-order valence-electron chi connectivity index (χ2n) is 8.68. The van der Waals surface area contributed by atoms with Gasteiger partial charge in [-0.1, -0.05) is 54.1 Å². The van der Waals surface area contributed by atoms with Gasteiger partial charge in [-0.05, 0) is 53.6 Å². The Balaban J connectivity index is 1.25. The molecule has 0 spiro atoms. The van der Waals surface area contributed by atoms with Crippen molar-refractivity contribution in [3.8, 4) is 0 Å². The summed E-state index contributed by atoms with van der Waals surface area (Å²) in [5, 5.41) is 5.79. The highest BCUT2D eigenvalue weighted by Crippen LogP contribution is 2.28. The van der Waals surface area contributed by atoms with Crippen molar-refractivity contribution >= 4 is 45.0 Å². The van der Waals surface area contributed by atoms with E-state index < -0.39 is 0 Å². The lowest BCUT2D eigenvalue weighted by molar-refractivity contribution is -0.126. The molecule has 3 heterocycles. The van der Waals surface area contributed by atoms with Crippen LogP contribution in [0.25, 0.3) is 10.2 Å². The molecule has 5 nitrogen and oxygen atoms in total. The Morgan fingerprint density at radius 2 is 1.71 bits per heavy atom. The first kappa shape index (κ1) is 22.7. The van der Waals surface area contributed by atoms with Crippen molar-refractivity contribution in [3.63, 3.8) is 0 Å². The number of rotatable bonds is 6. The summed E-state index contributed by atoms with van der Waals surface area (Å²) in [6, 6.07) is 21.7. The predicted molar refractivity (Wildman–Crippen MR) is 137 cm³/mol. The molecule has 0 aliphatic carbocycles. The number of carbonyl (C=O) groups is 2. The molecule has 2 aromatic carbocycles. The highest BCUT2D eigenvalue weighted by Gasteiger charge is 2.29. The highest BCUT2D eigenvalue weighted by atomic mass is 35.5. The molecule has 1 saturated heterocycles. The van der Waals surface area contributed by atoms with Crippen LogP contribution in [0.1, 0.15) is 34.5 Å². The maximum absolute atomic E-state index is 13.5. The van der Waals surface area contributed by atoms with Gasteiger partial charge in [-0.3, -0.25) is 9.59 Å². The van der Waals surface area contributed by atoms with Crippen LogP contribution in [-0.2, 0) is 17.9 Å². The van der Waals surface area contributed by atoms with Crippen molar-refractivity contribution in [2.75, 3.05) is 13.1 Å².